The van der Waals surface area contributed by atoms with Gasteiger partial charge in [0.15, 0.2) is 0 Å². The summed E-state index contributed by atoms with van der Waals surface area (Å²) in [5.74, 6) is 1.67. The van der Waals surface area contributed by atoms with Gasteiger partial charge in [0.2, 0.25) is 5.95 Å². The molecule has 2 aliphatic rings. The van der Waals surface area contributed by atoms with Gasteiger partial charge in [-0.2, -0.15) is 4.98 Å². The Kier molecular flexibility index (Phi) is 8.63. The maximum Gasteiger partial charge on any atom is 0.269 e. The number of nitrogens with zero attached hydrogens (tertiary/aromatic N) is 5. The van der Waals surface area contributed by atoms with Crippen LogP contribution in [0, 0.1) is 13.6 Å². The minimum Gasteiger partial charge on any atom is -0.494 e. The van der Waals surface area contributed by atoms with Gasteiger partial charge in [0.05, 0.1) is 35.2 Å². The highest BCUT2D eigenvalue weighted by Gasteiger charge is 2.28. The quantitative estimate of drug-likeness (QED) is 0.201. The van der Waals surface area contributed by atoms with Crippen LogP contribution in [0.2, 0.25) is 0 Å². The summed E-state index contributed by atoms with van der Waals surface area (Å²) in [7, 11) is 1.12. The summed E-state index contributed by atoms with van der Waals surface area (Å²) in [5, 5.41) is 7.28. The van der Waals surface area contributed by atoms with E-state index in [0.29, 0.717) is 45.9 Å². The Balaban J connectivity index is 1.31. The van der Waals surface area contributed by atoms with Crippen LogP contribution >= 0.6 is 7.14 Å². The number of nitrogen functional groups attached to an aromatic ring is 1. The number of nitrogens with one attached hydrogen (secondary N) is 2. The fourth-order valence-electron chi connectivity index (χ4n) is 5.65. The number of hydrogen-bond acceptors (Lipinski definition) is 10. The van der Waals surface area contributed by atoms with Crippen molar-refractivity contribution < 1.29 is 9.30 Å². The largest absolute Gasteiger partial charge is 0.494 e. The highest BCUT2D eigenvalue weighted by Crippen LogP contribution is 2.41. The molecule has 3 aromatic rings. The van der Waals surface area contributed by atoms with Gasteiger partial charge in [0.1, 0.15) is 18.2 Å². The number of likely N-dealkylation sites (N-methyl/N-ethyl adjacent to an activating group) is 1. The Labute approximate surface area is 243 Å². The van der Waals surface area contributed by atoms with Crippen molar-refractivity contribution in [1.29, 1.82) is 0 Å². The summed E-state index contributed by atoms with van der Waals surface area (Å²) in [6.45, 7) is 14.0. The minimum atomic E-state index is -2.73. The maximum atomic E-state index is 12.7. The normalized spacial score (nSPS) is 18.6. The molecule has 1 atom stereocenters. The lowest BCUT2D eigenvalue weighted by atomic mass is 10.0. The minimum absolute atomic E-state index is 0.392. The molecule has 2 aromatic carbocycles. The zero-order chi connectivity index (χ0) is 29.1. The van der Waals surface area contributed by atoms with Crippen LogP contribution in [-0.2, 0) is 4.57 Å². The summed E-state index contributed by atoms with van der Waals surface area (Å²) in [6, 6.07) is 12.0. The molecule has 11 heteroatoms. The predicted octanol–water partition coefficient (Wildman–Crippen LogP) is 4.49. The SMILES string of the molecule is [CH2+]P(C)(=O)c1ccccc1Nc1nc(Nc2cc(N)c(N3CCC(N4CCN(C)CC4)CC3)cc2OC)ncc1C. The first kappa shape index (κ1) is 29.0. The lowest BCUT2D eigenvalue weighted by Gasteiger charge is -2.42. The van der Waals surface area contributed by atoms with Crippen LogP contribution in [0.3, 0.4) is 0 Å². The first-order chi connectivity index (χ1) is 19.6. The van der Waals surface area contributed by atoms with Crippen molar-refractivity contribution in [3.8, 4) is 5.75 Å². The molecule has 0 aliphatic carbocycles. The first-order valence-electron chi connectivity index (χ1n) is 14.2. The lowest BCUT2D eigenvalue weighted by Crippen LogP contribution is -2.52. The number of ether oxygens (including phenoxy) is 1. The van der Waals surface area contributed by atoms with Crippen molar-refractivity contribution in [2.75, 3.05) is 81.4 Å². The van der Waals surface area contributed by atoms with Crippen LogP contribution in [0.25, 0.3) is 0 Å². The molecule has 3 heterocycles. The average Bonchev–Trinajstić information content (AvgIpc) is 2.95. The number of aromatic nitrogens is 2. The summed E-state index contributed by atoms with van der Waals surface area (Å²) < 4.78 is 18.5. The highest BCUT2D eigenvalue weighted by molar-refractivity contribution is 7.72. The molecular weight excluding hydrogens is 535 g/mol. The summed E-state index contributed by atoms with van der Waals surface area (Å²) >= 11 is 0. The van der Waals surface area contributed by atoms with E-state index in [9.17, 15) is 4.57 Å². The Hall–Kier alpha value is -3.46. The van der Waals surface area contributed by atoms with Gasteiger partial charge in [-0.25, -0.2) is 4.98 Å². The van der Waals surface area contributed by atoms with E-state index in [1.807, 2.05) is 43.3 Å². The Morgan fingerprint density at radius 3 is 2.44 bits per heavy atom. The smallest absolute Gasteiger partial charge is 0.269 e. The number of aryl methyl sites for hydroxylation is 1. The van der Waals surface area contributed by atoms with Gasteiger partial charge in [-0.15, -0.1) is 0 Å². The molecule has 0 bridgehead atoms. The zero-order valence-electron chi connectivity index (χ0n) is 24.6. The number of nitrogens with two attached hydrogens (primary N) is 1. The Bertz CT molecular complexity index is 1410. The van der Waals surface area contributed by atoms with E-state index >= 15 is 0 Å². The van der Waals surface area contributed by atoms with Crippen LogP contribution in [0.4, 0.5) is 34.5 Å². The van der Waals surface area contributed by atoms with E-state index in [1.165, 1.54) is 0 Å². The van der Waals surface area contributed by atoms with Gasteiger partial charge in [-0.3, -0.25) is 9.46 Å². The molecule has 0 spiro atoms. The fourth-order valence-corrected chi connectivity index (χ4v) is 6.70. The van der Waals surface area contributed by atoms with Crippen molar-refractivity contribution in [2.45, 2.75) is 25.8 Å². The van der Waals surface area contributed by atoms with E-state index in [-0.39, 0.29) is 0 Å². The number of hydrogen-bond donors (Lipinski definition) is 3. The lowest BCUT2D eigenvalue weighted by molar-refractivity contribution is 0.0982. The van der Waals surface area contributed by atoms with Gasteiger partial charge in [0, 0.05) is 69.8 Å². The van der Waals surface area contributed by atoms with Crippen molar-refractivity contribution in [3.05, 3.63) is 54.8 Å². The van der Waals surface area contributed by atoms with Crippen LogP contribution in [0.5, 0.6) is 5.75 Å². The van der Waals surface area contributed by atoms with Crippen LogP contribution < -0.4 is 31.3 Å². The number of piperidine rings is 1. The molecule has 4 N–H and O–H groups in total. The van der Waals surface area contributed by atoms with Gasteiger partial charge in [-0.1, -0.05) is 12.1 Å². The number of anilines is 6. The van der Waals surface area contributed by atoms with Crippen molar-refractivity contribution in [2.24, 2.45) is 0 Å². The summed E-state index contributed by atoms with van der Waals surface area (Å²) in [4.78, 5) is 16.6. The van der Waals surface area contributed by atoms with Crippen molar-refractivity contribution in [1.82, 2.24) is 19.8 Å². The monoisotopic (exact) mass is 577 g/mol. The van der Waals surface area contributed by atoms with Crippen LogP contribution in [0.1, 0.15) is 18.4 Å². The number of rotatable bonds is 8. The highest BCUT2D eigenvalue weighted by atomic mass is 31.2. The summed E-state index contributed by atoms with van der Waals surface area (Å²) in [5.41, 5.74) is 10.5. The van der Waals surface area contributed by atoms with E-state index in [2.05, 4.69) is 44.0 Å². The average molecular weight is 578 g/mol. The van der Waals surface area contributed by atoms with E-state index < -0.39 is 7.14 Å². The second kappa shape index (κ2) is 12.2. The molecular formula is C30H42N8O2P+. The second-order valence-electron chi connectivity index (χ2n) is 11.3. The van der Waals surface area contributed by atoms with Crippen LogP contribution in [-0.4, -0.2) is 85.9 Å². The van der Waals surface area contributed by atoms with Gasteiger partial charge in [-0.05, 0) is 45.0 Å². The molecule has 0 amide bonds. The molecule has 2 fully saturated rings. The molecule has 41 heavy (non-hydrogen) atoms. The second-order valence-corrected chi connectivity index (χ2v) is 13.9. The van der Waals surface area contributed by atoms with Gasteiger partial charge < -0.3 is 30.9 Å². The topological polar surface area (TPSA) is 112 Å². The molecule has 0 saturated carbocycles. The molecule has 0 radical (unpaired) electrons. The number of benzene rings is 2. The van der Waals surface area contributed by atoms with E-state index in [1.54, 1.807) is 20.0 Å². The van der Waals surface area contributed by atoms with Crippen molar-refractivity contribution in [3.63, 3.8) is 0 Å². The molecule has 2 aliphatic heterocycles. The van der Waals surface area contributed by atoms with E-state index in [4.69, 9.17) is 15.5 Å². The zero-order valence-corrected chi connectivity index (χ0v) is 25.5. The molecule has 218 valence electrons. The number of para-hydroxylation sites is 1. The third kappa shape index (κ3) is 6.72. The third-order valence-corrected chi connectivity index (χ3v) is 9.50. The standard InChI is InChI=1S/C30H42N8O2P/c1-21-20-32-30(35-29(21)33-24-8-6-7-9-28(24)41(4,5)39)34-25-18-23(31)26(19-27(25)40-3)38-12-10-22(11-13-38)37-16-14-36(2)15-17-37/h6-9,18-20,22H,4,10-17,31H2,1-3,5H3,(H2,32,33,34,35)/q+1. The predicted molar refractivity (Wildman–Crippen MR) is 170 cm³/mol. The summed E-state index contributed by atoms with van der Waals surface area (Å²) in [6.07, 6.45) is 4.00. The molecule has 10 nitrogen and oxygen atoms in total. The van der Waals surface area contributed by atoms with Crippen LogP contribution in [0.15, 0.2) is 42.6 Å². The molecule has 5 rings (SSSR count). The van der Waals surface area contributed by atoms with Crippen molar-refractivity contribution >= 4 is 47.0 Å². The Morgan fingerprint density at radius 2 is 1.76 bits per heavy atom. The molecule has 2 saturated heterocycles. The van der Waals surface area contributed by atoms with Gasteiger partial charge >= 0.3 is 0 Å². The first-order valence-corrected chi connectivity index (χ1v) is 16.5. The fraction of sp³-hybridized carbons (Fsp3) is 0.433. The van der Waals surface area contributed by atoms with Gasteiger partial charge in [0.25, 0.3) is 7.14 Å². The van der Waals surface area contributed by atoms with E-state index in [0.717, 1.165) is 63.4 Å². The third-order valence-electron chi connectivity index (χ3n) is 8.09. The Morgan fingerprint density at radius 1 is 1.05 bits per heavy atom. The molecule has 1 aromatic heterocycles. The number of methoxy groups -OCH3 is 1. The molecule has 1 unspecified atom stereocenters. The number of piperazine rings is 1. The maximum absolute atomic E-state index is 12.7.